The topological polar surface area (TPSA) is 76.2 Å². The fourth-order valence-electron chi connectivity index (χ4n) is 4.44. The lowest BCUT2D eigenvalue weighted by Crippen LogP contribution is -2.57. The third-order valence-electron chi connectivity index (χ3n) is 6.26. The highest BCUT2D eigenvalue weighted by Crippen LogP contribution is 2.36. The largest absolute Gasteiger partial charge is 0.454 e. The molecule has 1 fully saturated rings. The molecule has 0 radical (unpaired) electrons. The maximum atomic E-state index is 13.8. The average Bonchev–Trinajstić information content (AvgIpc) is 3.36. The highest BCUT2D eigenvalue weighted by atomic mass is 16.7. The number of fused-ring (bicyclic) bond motifs is 2. The van der Waals surface area contributed by atoms with Crippen molar-refractivity contribution in [3.63, 3.8) is 0 Å². The molecule has 36 heavy (non-hydrogen) atoms. The number of carbonyl (C=O) groups excluding carboxylic acids is 3. The lowest BCUT2D eigenvalue weighted by molar-refractivity contribution is -0.121. The molecule has 4 aromatic carbocycles. The van der Waals surface area contributed by atoms with Crippen LogP contribution in [0.5, 0.6) is 11.5 Å². The number of ether oxygens (including phenoxy) is 2. The number of nitrogens with zero attached hydrogens (tertiary/aromatic N) is 2. The summed E-state index contributed by atoms with van der Waals surface area (Å²) in [5.41, 5.74) is 2.21. The first-order chi connectivity index (χ1) is 17.5. The molecule has 7 heteroatoms. The zero-order valence-corrected chi connectivity index (χ0v) is 19.3. The van der Waals surface area contributed by atoms with Crippen LogP contribution in [0.25, 0.3) is 16.8 Å². The second-order valence-corrected chi connectivity index (χ2v) is 8.57. The molecule has 0 N–H and O–H groups in total. The summed E-state index contributed by atoms with van der Waals surface area (Å²) in [7, 11) is 0. The van der Waals surface area contributed by atoms with Crippen molar-refractivity contribution in [2.45, 2.75) is 6.92 Å². The molecule has 4 amide bonds. The maximum Gasteiger partial charge on any atom is 0.343 e. The second-order valence-electron chi connectivity index (χ2n) is 8.57. The molecule has 7 nitrogen and oxygen atoms in total. The summed E-state index contributed by atoms with van der Waals surface area (Å²) >= 11 is 0. The van der Waals surface area contributed by atoms with Gasteiger partial charge in [0, 0.05) is 5.39 Å². The van der Waals surface area contributed by atoms with E-state index < -0.39 is 17.8 Å². The maximum absolute atomic E-state index is 13.8. The summed E-state index contributed by atoms with van der Waals surface area (Å²) in [4.78, 5) is 43.3. The van der Waals surface area contributed by atoms with Crippen LogP contribution in [0.1, 0.15) is 11.1 Å². The van der Waals surface area contributed by atoms with E-state index >= 15 is 0 Å². The van der Waals surface area contributed by atoms with Crippen molar-refractivity contribution >= 4 is 46.1 Å². The summed E-state index contributed by atoms with van der Waals surface area (Å²) in [5.74, 6) is -0.268. The molecule has 1 saturated heterocycles. The smallest absolute Gasteiger partial charge is 0.343 e. The van der Waals surface area contributed by atoms with Crippen LogP contribution in [0.4, 0.5) is 16.2 Å². The minimum atomic E-state index is -0.729. The summed E-state index contributed by atoms with van der Waals surface area (Å²) in [6.07, 6.45) is 1.48. The van der Waals surface area contributed by atoms with Crippen LogP contribution in [-0.2, 0) is 9.59 Å². The van der Waals surface area contributed by atoms with Crippen LogP contribution in [0.2, 0.25) is 0 Å². The number of anilines is 2. The standard InChI is InChI=1S/C29H20N2O5/c1-18-9-12-21(13-10-18)30-27(32)23(15-19-11-14-25-26(16-19)36-17-35-25)28(33)31(29(30)34)24-8-4-6-20-5-2-3-7-22(20)24/h2-16H,17H2,1H3/b23-15-. The fourth-order valence-corrected chi connectivity index (χ4v) is 4.44. The van der Waals surface area contributed by atoms with Gasteiger partial charge in [-0.05, 0) is 54.3 Å². The van der Waals surface area contributed by atoms with Crippen molar-refractivity contribution in [2.75, 3.05) is 16.6 Å². The van der Waals surface area contributed by atoms with Gasteiger partial charge >= 0.3 is 6.03 Å². The Hall–Kier alpha value is -4.91. The summed E-state index contributed by atoms with van der Waals surface area (Å²) in [5, 5.41) is 1.60. The quantitative estimate of drug-likeness (QED) is 0.290. The number of amides is 4. The van der Waals surface area contributed by atoms with Crippen LogP contribution in [0.15, 0.2) is 90.5 Å². The summed E-state index contributed by atoms with van der Waals surface area (Å²) < 4.78 is 10.8. The van der Waals surface area contributed by atoms with Crippen LogP contribution < -0.4 is 19.3 Å². The van der Waals surface area contributed by atoms with Crippen LogP contribution in [0, 0.1) is 6.92 Å². The second kappa shape index (κ2) is 8.39. The van der Waals surface area contributed by atoms with E-state index in [0.29, 0.717) is 28.4 Å². The molecule has 2 heterocycles. The van der Waals surface area contributed by atoms with E-state index in [-0.39, 0.29) is 12.4 Å². The van der Waals surface area contributed by atoms with Gasteiger partial charge in [-0.2, -0.15) is 0 Å². The third-order valence-corrected chi connectivity index (χ3v) is 6.26. The molecule has 0 spiro atoms. The molecule has 0 aliphatic carbocycles. The summed E-state index contributed by atoms with van der Waals surface area (Å²) in [6, 6.07) is 24.3. The molecule has 0 bridgehead atoms. The number of benzene rings is 4. The Kier molecular flexibility index (Phi) is 5.04. The van der Waals surface area contributed by atoms with E-state index in [2.05, 4.69) is 0 Å². The SMILES string of the molecule is Cc1ccc(N2C(=O)/C(=C/c3ccc4c(c3)OCO4)C(=O)N(c3cccc4ccccc34)C2=O)cc1. The first kappa shape index (κ1) is 21.6. The van der Waals surface area contributed by atoms with Crippen LogP contribution in [0.3, 0.4) is 0 Å². The minimum Gasteiger partial charge on any atom is -0.454 e. The fraction of sp³-hybridized carbons (Fsp3) is 0.0690. The van der Waals surface area contributed by atoms with Crippen molar-refractivity contribution in [3.8, 4) is 11.5 Å². The third kappa shape index (κ3) is 3.49. The van der Waals surface area contributed by atoms with Gasteiger partial charge in [0.25, 0.3) is 11.8 Å². The highest BCUT2D eigenvalue weighted by molar-refractivity contribution is 6.46. The molecular weight excluding hydrogens is 456 g/mol. The zero-order valence-electron chi connectivity index (χ0n) is 19.3. The van der Waals surface area contributed by atoms with Gasteiger partial charge in [-0.3, -0.25) is 9.59 Å². The lowest BCUT2D eigenvalue weighted by Gasteiger charge is -2.34. The Morgan fingerprint density at radius 3 is 2.31 bits per heavy atom. The number of carbonyl (C=O) groups is 3. The molecule has 2 aliphatic rings. The molecule has 4 aromatic rings. The first-order valence-corrected chi connectivity index (χ1v) is 11.4. The molecular formula is C29H20N2O5. The number of hydrogen-bond donors (Lipinski definition) is 0. The van der Waals surface area contributed by atoms with Gasteiger partial charge in [-0.1, -0.05) is 60.2 Å². The van der Waals surface area contributed by atoms with E-state index in [1.165, 1.54) is 6.08 Å². The Bertz CT molecular complexity index is 1580. The average molecular weight is 476 g/mol. The van der Waals surface area contributed by atoms with E-state index in [4.69, 9.17) is 9.47 Å². The molecule has 6 rings (SSSR count). The molecule has 0 saturated carbocycles. The van der Waals surface area contributed by atoms with Gasteiger partial charge in [0.05, 0.1) is 11.4 Å². The number of barbiturate groups is 1. The predicted molar refractivity (Wildman–Crippen MR) is 136 cm³/mol. The van der Waals surface area contributed by atoms with E-state index in [1.807, 2.05) is 49.4 Å². The van der Waals surface area contributed by atoms with Gasteiger partial charge in [0.2, 0.25) is 6.79 Å². The molecule has 0 unspecified atom stereocenters. The first-order valence-electron chi connectivity index (χ1n) is 11.4. The highest BCUT2D eigenvalue weighted by Gasteiger charge is 2.44. The summed E-state index contributed by atoms with van der Waals surface area (Å²) in [6.45, 7) is 2.03. The Labute approximate surface area is 206 Å². The molecule has 176 valence electrons. The van der Waals surface area contributed by atoms with Gasteiger partial charge in [-0.15, -0.1) is 0 Å². The van der Waals surface area contributed by atoms with Crippen LogP contribution >= 0.6 is 0 Å². The Morgan fingerprint density at radius 2 is 1.47 bits per heavy atom. The van der Waals surface area contributed by atoms with Crippen molar-refractivity contribution in [2.24, 2.45) is 0 Å². The number of hydrogen-bond acceptors (Lipinski definition) is 5. The van der Waals surface area contributed by atoms with Gasteiger partial charge in [0.15, 0.2) is 11.5 Å². The molecule has 0 atom stereocenters. The number of imide groups is 2. The minimum absolute atomic E-state index is 0.109. The van der Waals surface area contributed by atoms with Gasteiger partial charge < -0.3 is 9.47 Å². The van der Waals surface area contributed by atoms with Crippen molar-refractivity contribution < 1.29 is 23.9 Å². The van der Waals surface area contributed by atoms with Crippen LogP contribution in [-0.4, -0.2) is 24.6 Å². The van der Waals surface area contributed by atoms with Gasteiger partial charge in [-0.25, -0.2) is 14.6 Å². The normalized spacial score (nSPS) is 16.4. The predicted octanol–water partition coefficient (Wildman–Crippen LogP) is 5.46. The molecule has 2 aliphatic heterocycles. The van der Waals surface area contributed by atoms with Crippen molar-refractivity contribution in [1.29, 1.82) is 0 Å². The van der Waals surface area contributed by atoms with Crippen molar-refractivity contribution in [3.05, 3.63) is 102 Å². The number of urea groups is 1. The Morgan fingerprint density at radius 1 is 0.750 bits per heavy atom. The Balaban J connectivity index is 1.53. The molecule has 0 aromatic heterocycles. The van der Waals surface area contributed by atoms with Crippen molar-refractivity contribution in [1.82, 2.24) is 0 Å². The van der Waals surface area contributed by atoms with E-state index in [9.17, 15) is 14.4 Å². The van der Waals surface area contributed by atoms with E-state index in [1.54, 1.807) is 42.5 Å². The van der Waals surface area contributed by atoms with Gasteiger partial charge in [0.1, 0.15) is 5.57 Å². The number of rotatable bonds is 3. The monoisotopic (exact) mass is 476 g/mol. The number of aryl methyl sites for hydroxylation is 1. The zero-order chi connectivity index (χ0) is 24.8. The van der Waals surface area contributed by atoms with E-state index in [0.717, 1.165) is 26.1 Å². The lowest BCUT2D eigenvalue weighted by atomic mass is 10.0.